The molecule has 0 aliphatic heterocycles. The van der Waals surface area contributed by atoms with E-state index in [-0.39, 0.29) is 5.41 Å². The summed E-state index contributed by atoms with van der Waals surface area (Å²) < 4.78 is 5.91. The van der Waals surface area contributed by atoms with E-state index in [9.17, 15) is 0 Å². The number of methoxy groups -OCH3 is 1. The molecular formula is C19H31NO. The van der Waals surface area contributed by atoms with Crippen LogP contribution in [-0.4, -0.2) is 13.7 Å². The minimum absolute atomic E-state index is 0.121. The molecule has 1 aliphatic rings. The summed E-state index contributed by atoms with van der Waals surface area (Å²) in [4.78, 5) is 0. The first-order valence-electron chi connectivity index (χ1n) is 8.38. The third-order valence-electron chi connectivity index (χ3n) is 5.15. The second-order valence-electron chi connectivity index (χ2n) is 7.15. The minimum Gasteiger partial charge on any atom is -0.496 e. The topological polar surface area (TPSA) is 35.2 Å². The van der Waals surface area contributed by atoms with Crippen LogP contribution in [0.2, 0.25) is 0 Å². The van der Waals surface area contributed by atoms with Gasteiger partial charge in [0.05, 0.1) is 7.11 Å². The molecule has 1 saturated carbocycles. The number of rotatable bonds is 5. The molecule has 0 heterocycles. The molecule has 0 unspecified atom stereocenters. The first-order valence-corrected chi connectivity index (χ1v) is 8.38. The summed E-state index contributed by atoms with van der Waals surface area (Å²) in [5.41, 5.74) is 10.5. The molecule has 0 bridgehead atoms. The second kappa shape index (κ2) is 6.39. The Kier molecular flexibility index (Phi) is 4.98. The summed E-state index contributed by atoms with van der Waals surface area (Å²) in [5, 5.41) is 0. The van der Waals surface area contributed by atoms with Gasteiger partial charge in [-0.25, -0.2) is 0 Å². The maximum Gasteiger partial charge on any atom is 0.126 e. The van der Waals surface area contributed by atoms with Crippen LogP contribution in [0.15, 0.2) is 12.1 Å². The summed E-state index contributed by atoms with van der Waals surface area (Å²) in [5.74, 6) is 2.07. The normalized spacial score (nSPS) is 17.7. The molecule has 0 atom stereocenters. The summed E-state index contributed by atoms with van der Waals surface area (Å²) >= 11 is 0. The number of benzene rings is 1. The average Bonchev–Trinajstić information content (AvgIpc) is 2.95. The molecule has 2 N–H and O–H groups in total. The minimum atomic E-state index is 0.121. The number of hydrogen-bond acceptors (Lipinski definition) is 2. The maximum absolute atomic E-state index is 6.26. The fourth-order valence-electron chi connectivity index (χ4n) is 3.92. The standard InChI is InChI=1S/C19H31NO/c1-13(2)15-8-9-16(14(3)4)18(21-5)17(15)19(12-20)10-6-7-11-19/h8-9,13-14H,6-7,10-12,20H2,1-5H3. The van der Waals surface area contributed by atoms with E-state index in [0.717, 1.165) is 12.3 Å². The Morgan fingerprint density at radius 2 is 1.57 bits per heavy atom. The summed E-state index contributed by atoms with van der Waals surface area (Å²) in [6.07, 6.45) is 4.95. The zero-order valence-corrected chi connectivity index (χ0v) is 14.3. The summed E-state index contributed by atoms with van der Waals surface area (Å²) in [7, 11) is 1.81. The van der Waals surface area contributed by atoms with Crippen molar-refractivity contribution in [3.8, 4) is 5.75 Å². The highest BCUT2D eigenvalue weighted by molar-refractivity contribution is 5.53. The van der Waals surface area contributed by atoms with Crippen LogP contribution in [0.4, 0.5) is 0 Å². The van der Waals surface area contributed by atoms with Crippen LogP contribution >= 0.6 is 0 Å². The first kappa shape index (κ1) is 16.4. The fourth-order valence-corrected chi connectivity index (χ4v) is 3.92. The van der Waals surface area contributed by atoms with Gasteiger partial charge >= 0.3 is 0 Å². The lowest BCUT2D eigenvalue weighted by atomic mass is 9.73. The van der Waals surface area contributed by atoms with Crippen molar-refractivity contribution in [2.45, 2.75) is 70.6 Å². The Bertz CT molecular complexity index is 485. The smallest absolute Gasteiger partial charge is 0.126 e. The van der Waals surface area contributed by atoms with E-state index in [1.807, 2.05) is 7.11 Å². The van der Waals surface area contributed by atoms with Gasteiger partial charge in [-0.05, 0) is 35.8 Å². The maximum atomic E-state index is 6.26. The molecule has 1 aromatic carbocycles. The van der Waals surface area contributed by atoms with Crippen LogP contribution in [0.3, 0.4) is 0 Å². The number of hydrogen-bond donors (Lipinski definition) is 1. The van der Waals surface area contributed by atoms with Crippen molar-refractivity contribution in [2.75, 3.05) is 13.7 Å². The van der Waals surface area contributed by atoms with E-state index >= 15 is 0 Å². The van der Waals surface area contributed by atoms with Gasteiger partial charge in [-0.1, -0.05) is 52.7 Å². The highest BCUT2D eigenvalue weighted by atomic mass is 16.5. The highest BCUT2D eigenvalue weighted by Gasteiger charge is 2.39. The molecule has 0 amide bonds. The molecule has 0 spiro atoms. The lowest BCUT2D eigenvalue weighted by Crippen LogP contribution is -2.34. The third-order valence-corrected chi connectivity index (χ3v) is 5.15. The van der Waals surface area contributed by atoms with Gasteiger partial charge in [-0.2, -0.15) is 0 Å². The molecule has 2 nitrogen and oxygen atoms in total. The monoisotopic (exact) mass is 289 g/mol. The fraction of sp³-hybridized carbons (Fsp3) is 0.684. The Balaban J connectivity index is 2.72. The molecule has 2 heteroatoms. The quantitative estimate of drug-likeness (QED) is 0.851. The van der Waals surface area contributed by atoms with Crippen LogP contribution < -0.4 is 10.5 Å². The average molecular weight is 289 g/mol. The van der Waals surface area contributed by atoms with E-state index < -0.39 is 0 Å². The van der Waals surface area contributed by atoms with Crippen molar-refractivity contribution in [1.82, 2.24) is 0 Å². The summed E-state index contributed by atoms with van der Waals surface area (Å²) in [6.45, 7) is 9.74. The van der Waals surface area contributed by atoms with Crippen LogP contribution in [0.5, 0.6) is 5.75 Å². The predicted octanol–water partition coefficient (Wildman–Crippen LogP) is 4.71. The van der Waals surface area contributed by atoms with Crippen LogP contribution in [0, 0.1) is 0 Å². The van der Waals surface area contributed by atoms with Crippen molar-refractivity contribution in [2.24, 2.45) is 5.73 Å². The van der Waals surface area contributed by atoms with Crippen molar-refractivity contribution in [3.63, 3.8) is 0 Å². The zero-order valence-electron chi connectivity index (χ0n) is 14.3. The zero-order chi connectivity index (χ0) is 15.6. The van der Waals surface area contributed by atoms with Crippen LogP contribution in [-0.2, 0) is 5.41 Å². The van der Waals surface area contributed by atoms with Gasteiger partial charge in [0.25, 0.3) is 0 Å². The number of ether oxygens (including phenoxy) is 1. The van der Waals surface area contributed by atoms with E-state index in [2.05, 4.69) is 39.8 Å². The molecule has 118 valence electrons. The lowest BCUT2D eigenvalue weighted by molar-refractivity contribution is 0.369. The van der Waals surface area contributed by atoms with Gasteiger partial charge in [-0.15, -0.1) is 0 Å². The van der Waals surface area contributed by atoms with Gasteiger partial charge < -0.3 is 10.5 Å². The van der Waals surface area contributed by atoms with E-state index in [1.165, 1.54) is 42.4 Å². The largest absolute Gasteiger partial charge is 0.496 e. The van der Waals surface area contributed by atoms with E-state index in [1.54, 1.807) is 0 Å². The first-order chi connectivity index (χ1) is 9.96. The highest BCUT2D eigenvalue weighted by Crippen LogP contribution is 2.49. The Morgan fingerprint density at radius 3 is 2.00 bits per heavy atom. The van der Waals surface area contributed by atoms with Crippen molar-refractivity contribution in [1.29, 1.82) is 0 Å². The molecule has 1 aromatic rings. The molecule has 0 saturated heterocycles. The van der Waals surface area contributed by atoms with Crippen molar-refractivity contribution < 1.29 is 4.74 Å². The third kappa shape index (κ3) is 2.83. The molecule has 0 aromatic heterocycles. The molecule has 21 heavy (non-hydrogen) atoms. The van der Waals surface area contributed by atoms with E-state index in [4.69, 9.17) is 10.5 Å². The Morgan fingerprint density at radius 1 is 1.05 bits per heavy atom. The molecule has 2 rings (SSSR count). The molecular weight excluding hydrogens is 258 g/mol. The SMILES string of the molecule is COc1c(C(C)C)ccc(C(C)C)c1C1(CN)CCCC1. The van der Waals surface area contributed by atoms with Gasteiger partial charge in [0.15, 0.2) is 0 Å². The van der Waals surface area contributed by atoms with Gasteiger partial charge in [0.2, 0.25) is 0 Å². The van der Waals surface area contributed by atoms with Gasteiger partial charge in [0.1, 0.15) is 5.75 Å². The summed E-state index contributed by atoms with van der Waals surface area (Å²) in [6, 6.07) is 4.56. The Hall–Kier alpha value is -1.02. The molecule has 1 fully saturated rings. The second-order valence-corrected chi connectivity index (χ2v) is 7.15. The van der Waals surface area contributed by atoms with Crippen molar-refractivity contribution >= 4 is 0 Å². The van der Waals surface area contributed by atoms with Crippen LogP contribution in [0.1, 0.15) is 81.9 Å². The van der Waals surface area contributed by atoms with E-state index in [0.29, 0.717) is 11.8 Å². The molecule has 0 radical (unpaired) electrons. The van der Waals surface area contributed by atoms with Crippen LogP contribution in [0.25, 0.3) is 0 Å². The van der Waals surface area contributed by atoms with Gasteiger partial charge in [0, 0.05) is 17.5 Å². The Labute approximate surface area is 130 Å². The lowest BCUT2D eigenvalue weighted by Gasteiger charge is -2.34. The predicted molar refractivity (Wildman–Crippen MR) is 90.4 cm³/mol. The molecule has 1 aliphatic carbocycles. The van der Waals surface area contributed by atoms with Crippen molar-refractivity contribution in [3.05, 3.63) is 28.8 Å². The number of nitrogens with two attached hydrogens (primary N) is 1. The van der Waals surface area contributed by atoms with Gasteiger partial charge in [-0.3, -0.25) is 0 Å².